The van der Waals surface area contributed by atoms with Crippen LogP contribution in [0, 0.1) is 35.0 Å². The minimum atomic E-state index is -2.28. The van der Waals surface area contributed by atoms with Crippen LogP contribution in [0.25, 0.3) is 0 Å². The van der Waals surface area contributed by atoms with Crippen LogP contribution < -0.4 is 5.32 Å². The summed E-state index contributed by atoms with van der Waals surface area (Å²) >= 11 is 3.27. The Morgan fingerprint density at radius 3 is 1.95 bits per heavy atom. The molecule has 2 nitrogen and oxygen atoms in total. The fourth-order valence-electron chi connectivity index (χ4n) is 1.71. The van der Waals surface area contributed by atoms with Crippen molar-refractivity contribution in [3.63, 3.8) is 0 Å². The van der Waals surface area contributed by atoms with Crippen molar-refractivity contribution in [3.05, 3.63) is 34.6 Å². The van der Waals surface area contributed by atoms with Crippen molar-refractivity contribution < 1.29 is 26.7 Å². The maximum absolute atomic E-state index is 13.4. The molecule has 1 aromatic rings. The van der Waals surface area contributed by atoms with E-state index in [-0.39, 0.29) is 11.4 Å². The summed E-state index contributed by atoms with van der Waals surface area (Å²) in [5.74, 6) is -11.8. The monoisotopic (exact) mass is 357 g/mol. The van der Waals surface area contributed by atoms with Crippen LogP contribution in [0.5, 0.6) is 0 Å². The molecule has 1 aliphatic rings. The van der Waals surface area contributed by atoms with Crippen molar-refractivity contribution in [3.8, 4) is 0 Å². The second-order valence-corrected chi connectivity index (χ2v) is 5.68. The Morgan fingerprint density at radius 1 is 1.05 bits per heavy atom. The van der Waals surface area contributed by atoms with Gasteiger partial charge in [-0.05, 0) is 18.8 Å². The normalized spacial score (nSPS) is 16.1. The van der Waals surface area contributed by atoms with Crippen LogP contribution in [0.3, 0.4) is 0 Å². The molecule has 1 N–H and O–H groups in total. The Morgan fingerprint density at radius 2 is 1.50 bits per heavy atom. The molecule has 2 rings (SSSR count). The van der Waals surface area contributed by atoms with Crippen molar-refractivity contribution in [2.24, 2.45) is 5.92 Å². The Hall–Kier alpha value is -1.18. The van der Waals surface area contributed by atoms with E-state index in [9.17, 15) is 26.7 Å². The first-order chi connectivity index (χ1) is 9.34. The molecule has 110 valence electrons. The lowest BCUT2D eigenvalue weighted by atomic mass is 10.1. The third-order valence-corrected chi connectivity index (χ3v) is 4.10. The maximum atomic E-state index is 13.4. The zero-order chi connectivity index (χ0) is 15.0. The number of hydrogen-bond acceptors (Lipinski definition) is 1. The second kappa shape index (κ2) is 5.67. The molecule has 1 unspecified atom stereocenters. The number of hydrogen-bond donors (Lipinski definition) is 1. The van der Waals surface area contributed by atoms with E-state index in [2.05, 4.69) is 21.2 Å². The average Bonchev–Trinajstić information content (AvgIpc) is 3.25. The predicted molar refractivity (Wildman–Crippen MR) is 64.0 cm³/mol. The molecule has 0 spiro atoms. The quantitative estimate of drug-likeness (QED) is 0.381. The van der Waals surface area contributed by atoms with Gasteiger partial charge in [0.1, 0.15) is 5.56 Å². The lowest BCUT2D eigenvalue weighted by Crippen LogP contribution is -2.32. The minimum absolute atomic E-state index is 0.0446. The Bertz CT molecular complexity index is 532. The molecule has 0 saturated heterocycles. The Balaban J connectivity index is 2.20. The van der Waals surface area contributed by atoms with Gasteiger partial charge in [0.05, 0.1) is 0 Å². The molecule has 0 aromatic heterocycles. The number of benzene rings is 1. The third kappa shape index (κ3) is 2.79. The standard InChI is InChI=1S/C12H9BrF5NO/c13-5(4-1-2-4)3-19-12(20)6-7(14)9(16)11(18)10(17)8(6)15/h4-5H,1-3H2,(H,19,20). The van der Waals surface area contributed by atoms with Crippen LogP contribution in [0.1, 0.15) is 23.2 Å². The summed E-state index contributed by atoms with van der Waals surface area (Å²) in [4.78, 5) is 11.5. The molecular weight excluding hydrogens is 349 g/mol. The molecule has 0 heterocycles. The van der Waals surface area contributed by atoms with Crippen LogP contribution in [-0.4, -0.2) is 17.3 Å². The first-order valence-corrected chi connectivity index (χ1v) is 6.69. The molecule has 0 bridgehead atoms. The Kier molecular flexibility index (Phi) is 4.31. The van der Waals surface area contributed by atoms with E-state index in [0.717, 1.165) is 12.8 Å². The predicted octanol–water partition coefficient (Wildman–Crippen LogP) is 3.29. The van der Waals surface area contributed by atoms with E-state index in [1.54, 1.807) is 0 Å². The van der Waals surface area contributed by atoms with Gasteiger partial charge in [-0.15, -0.1) is 0 Å². The SMILES string of the molecule is O=C(NCC(Br)C1CC1)c1c(F)c(F)c(F)c(F)c1F. The van der Waals surface area contributed by atoms with Gasteiger partial charge in [-0.2, -0.15) is 0 Å². The summed E-state index contributed by atoms with van der Waals surface area (Å²) in [5.41, 5.74) is -1.46. The molecule has 0 radical (unpaired) electrons. The van der Waals surface area contributed by atoms with Gasteiger partial charge in [-0.3, -0.25) is 4.79 Å². The van der Waals surface area contributed by atoms with E-state index in [1.807, 2.05) is 0 Å². The number of nitrogens with one attached hydrogen (secondary N) is 1. The van der Waals surface area contributed by atoms with E-state index in [4.69, 9.17) is 0 Å². The van der Waals surface area contributed by atoms with Crippen LogP contribution in [0.4, 0.5) is 22.0 Å². The summed E-state index contributed by atoms with van der Waals surface area (Å²) in [7, 11) is 0. The van der Waals surface area contributed by atoms with Gasteiger partial charge in [-0.1, -0.05) is 15.9 Å². The van der Waals surface area contributed by atoms with Crippen molar-refractivity contribution in [1.29, 1.82) is 0 Å². The van der Waals surface area contributed by atoms with Crippen molar-refractivity contribution in [2.75, 3.05) is 6.54 Å². The summed E-state index contributed by atoms with van der Waals surface area (Å²) in [6, 6.07) is 0. The van der Waals surface area contributed by atoms with Crippen molar-refractivity contribution in [1.82, 2.24) is 5.32 Å². The lowest BCUT2D eigenvalue weighted by molar-refractivity contribution is 0.0941. The van der Waals surface area contributed by atoms with Gasteiger partial charge >= 0.3 is 0 Å². The topological polar surface area (TPSA) is 29.1 Å². The third-order valence-electron chi connectivity index (χ3n) is 3.03. The number of alkyl halides is 1. The minimum Gasteiger partial charge on any atom is -0.351 e. The summed E-state index contributed by atoms with van der Waals surface area (Å²) in [6.07, 6.45) is 1.93. The molecule has 1 saturated carbocycles. The van der Waals surface area contributed by atoms with Gasteiger partial charge < -0.3 is 5.32 Å². The molecular formula is C12H9BrF5NO. The van der Waals surface area contributed by atoms with Crippen LogP contribution >= 0.6 is 15.9 Å². The van der Waals surface area contributed by atoms with Crippen LogP contribution in [0.2, 0.25) is 0 Å². The summed E-state index contributed by atoms with van der Waals surface area (Å²) < 4.78 is 65.4. The number of amides is 1. The molecule has 1 amide bonds. The number of halogens is 6. The van der Waals surface area contributed by atoms with Gasteiger partial charge in [0.25, 0.3) is 5.91 Å². The first-order valence-electron chi connectivity index (χ1n) is 5.78. The zero-order valence-electron chi connectivity index (χ0n) is 9.95. The van der Waals surface area contributed by atoms with Gasteiger partial charge in [0.15, 0.2) is 23.3 Å². The van der Waals surface area contributed by atoms with Gasteiger partial charge in [-0.25, -0.2) is 22.0 Å². The fraction of sp³-hybridized carbons (Fsp3) is 0.417. The van der Waals surface area contributed by atoms with Gasteiger partial charge in [0.2, 0.25) is 5.82 Å². The lowest BCUT2D eigenvalue weighted by Gasteiger charge is -2.12. The first kappa shape index (κ1) is 15.2. The largest absolute Gasteiger partial charge is 0.351 e. The summed E-state index contributed by atoms with van der Waals surface area (Å²) in [6.45, 7) is 0.0446. The highest BCUT2D eigenvalue weighted by Crippen LogP contribution is 2.36. The maximum Gasteiger partial charge on any atom is 0.257 e. The van der Waals surface area contributed by atoms with E-state index >= 15 is 0 Å². The molecule has 0 aliphatic heterocycles. The van der Waals surface area contributed by atoms with Crippen LogP contribution in [-0.2, 0) is 0 Å². The molecule has 1 fully saturated rings. The smallest absolute Gasteiger partial charge is 0.257 e. The van der Waals surface area contributed by atoms with Crippen LogP contribution in [0.15, 0.2) is 0 Å². The zero-order valence-corrected chi connectivity index (χ0v) is 11.5. The van der Waals surface area contributed by atoms with Crippen molar-refractivity contribution >= 4 is 21.8 Å². The number of carbonyl (C=O) groups excluding carboxylic acids is 1. The highest BCUT2D eigenvalue weighted by Gasteiger charge is 2.32. The second-order valence-electron chi connectivity index (χ2n) is 4.51. The Labute approximate surface area is 119 Å². The van der Waals surface area contributed by atoms with E-state index < -0.39 is 40.6 Å². The molecule has 20 heavy (non-hydrogen) atoms. The molecule has 8 heteroatoms. The molecule has 1 atom stereocenters. The number of carbonyl (C=O) groups is 1. The van der Waals surface area contributed by atoms with Crippen molar-refractivity contribution in [2.45, 2.75) is 17.7 Å². The molecule has 1 aromatic carbocycles. The van der Waals surface area contributed by atoms with E-state index in [1.165, 1.54) is 0 Å². The fourth-order valence-corrected chi connectivity index (χ4v) is 2.40. The average molecular weight is 358 g/mol. The van der Waals surface area contributed by atoms with E-state index in [0.29, 0.717) is 5.92 Å². The van der Waals surface area contributed by atoms with Gasteiger partial charge in [0, 0.05) is 11.4 Å². The number of rotatable bonds is 4. The highest BCUT2D eigenvalue weighted by atomic mass is 79.9. The molecule has 1 aliphatic carbocycles. The highest BCUT2D eigenvalue weighted by molar-refractivity contribution is 9.09. The summed E-state index contributed by atoms with van der Waals surface area (Å²) in [5, 5.41) is 2.15.